The van der Waals surface area contributed by atoms with E-state index in [1.807, 2.05) is 11.8 Å². The molecule has 1 saturated heterocycles. The zero-order valence-electron chi connectivity index (χ0n) is 15.0. The largest absolute Gasteiger partial charge is 0.327 e. The highest BCUT2D eigenvalue weighted by molar-refractivity contribution is 6.03. The summed E-state index contributed by atoms with van der Waals surface area (Å²) >= 11 is 0. The van der Waals surface area contributed by atoms with Crippen LogP contribution in [-0.4, -0.2) is 40.8 Å². The first-order valence-corrected chi connectivity index (χ1v) is 9.27. The van der Waals surface area contributed by atoms with Crippen LogP contribution in [0.4, 0.5) is 5.69 Å². The highest BCUT2D eigenvalue weighted by Gasteiger charge is 2.37. The minimum atomic E-state index is -0.386. The summed E-state index contributed by atoms with van der Waals surface area (Å²) in [5.74, 6) is -0.0499. The van der Waals surface area contributed by atoms with Crippen LogP contribution in [0.5, 0.6) is 0 Å². The summed E-state index contributed by atoms with van der Waals surface area (Å²) in [5.41, 5.74) is 3.92. The second-order valence-corrected chi connectivity index (χ2v) is 7.12. The Bertz CT molecular complexity index is 834. The van der Waals surface area contributed by atoms with Crippen molar-refractivity contribution in [1.82, 2.24) is 9.88 Å². The van der Waals surface area contributed by atoms with E-state index in [-0.39, 0.29) is 17.9 Å². The number of carbonyl (C=O) groups excluding carboxylic acids is 2. The Labute approximate surface area is 153 Å². The second-order valence-electron chi connectivity index (χ2n) is 7.12. The highest BCUT2D eigenvalue weighted by atomic mass is 16.2. The predicted octanol–water partition coefficient (Wildman–Crippen LogP) is 2.97. The maximum Gasteiger partial charge on any atom is 0.256 e. The number of aromatic nitrogens is 1. The summed E-state index contributed by atoms with van der Waals surface area (Å²) in [6.45, 7) is 3.36. The number of aryl methyl sites for hydroxylation is 1. The topological polar surface area (TPSA) is 53.5 Å². The molecule has 4 rings (SSSR count). The molecule has 1 aromatic heterocycles. The Balaban J connectivity index is 1.60. The van der Waals surface area contributed by atoms with Gasteiger partial charge in [0.25, 0.3) is 5.91 Å². The molecule has 2 amide bonds. The van der Waals surface area contributed by atoms with Crippen LogP contribution in [0.2, 0.25) is 0 Å². The summed E-state index contributed by atoms with van der Waals surface area (Å²) in [4.78, 5) is 33.9. The lowest BCUT2D eigenvalue weighted by Gasteiger charge is -2.37. The van der Waals surface area contributed by atoms with Crippen LogP contribution in [0.15, 0.2) is 42.7 Å². The van der Waals surface area contributed by atoms with E-state index in [0.717, 1.165) is 36.9 Å². The Morgan fingerprint density at radius 3 is 2.85 bits per heavy atom. The van der Waals surface area contributed by atoms with Crippen LogP contribution >= 0.6 is 0 Å². The summed E-state index contributed by atoms with van der Waals surface area (Å²) in [5, 5.41) is 0. The molecule has 0 saturated carbocycles. The molecule has 1 aromatic carbocycles. The lowest BCUT2D eigenvalue weighted by Crippen LogP contribution is -2.53. The lowest BCUT2D eigenvalue weighted by atomic mass is 9.99. The van der Waals surface area contributed by atoms with Gasteiger partial charge in [-0.2, -0.15) is 0 Å². The summed E-state index contributed by atoms with van der Waals surface area (Å²) in [6.07, 6.45) is 6.74. The van der Waals surface area contributed by atoms with Gasteiger partial charge in [-0.1, -0.05) is 12.1 Å². The molecule has 26 heavy (non-hydrogen) atoms. The number of hydrogen-bond donors (Lipinski definition) is 0. The SMILES string of the molecule is Cc1ccc2c(c1)N(C(=O)[C@H]1CCCCN1C(=O)c1cccnc1)CC2. The van der Waals surface area contributed by atoms with Gasteiger partial charge < -0.3 is 9.80 Å². The fraction of sp³-hybridized carbons (Fsp3) is 0.381. The number of anilines is 1. The van der Waals surface area contributed by atoms with E-state index in [2.05, 4.69) is 23.2 Å². The normalized spacial score (nSPS) is 19.3. The van der Waals surface area contributed by atoms with Gasteiger partial charge in [-0.3, -0.25) is 14.6 Å². The van der Waals surface area contributed by atoms with Gasteiger partial charge in [0.15, 0.2) is 0 Å². The van der Waals surface area contributed by atoms with Gasteiger partial charge in [-0.15, -0.1) is 0 Å². The number of amides is 2. The van der Waals surface area contributed by atoms with E-state index in [1.54, 1.807) is 29.4 Å². The van der Waals surface area contributed by atoms with E-state index in [0.29, 0.717) is 18.7 Å². The number of carbonyl (C=O) groups is 2. The summed E-state index contributed by atoms with van der Waals surface area (Å²) in [6, 6.07) is 9.41. The van der Waals surface area contributed by atoms with Crippen LogP contribution in [0.3, 0.4) is 0 Å². The summed E-state index contributed by atoms with van der Waals surface area (Å²) < 4.78 is 0. The van der Waals surface area contributed by atoms with E-state index in [9.17, 15) is 9.59 Å². The molecule has 0 bridgehead atoms. The van der Waals surface area contributed by atoms with Crippen molar-refractivity contribution < 1.29 is 9.59 Å². The number of fused-ring (bicyclic) bond motifs is 1. The van der Waals surface area contributed by atoms with Crippen LogP contribution in [0.1, 0.15) is 40.7 Å². The van der Waals surface area contributed by atoms with Crippen molar-refractivity contribution in [2.75, 3.05) is 18.0 Å². The van der Waals surface area contributed by atoms with Gasteiger partial charge >= 0.3 is 0 Å². The van der Waals surface area contributed by atoms with Crippen molar-refractivity contribution in [2.24, 2.45) is 0 Å². The molecule has 2 aromatic rings. The molecule has 2 aliphatic rings. The number of nitrogens with zero attached hydrogens (tertiary/aromatic N) is 3. The second kappa shape index (κ2) is 6.90. The summed E-state index contributed by atoms with van der Waals surface area (Å²) in [7, 11) is 0. The maximum atomic E-state index is 13.3. The zero-order valence-corrected chi connectivity index (χ0v) is 15.0. The van der Waals surface area contributed by atoms with E-state index >= 15 is 0 Å². The van der Waals surface area contributed by atoms with Crippen LogP contribution < -0.4 is 4.90 Å². The van der Waals surface area contributed by atoms with Gasteiger partial charge in [0.2, 0.25) is 5.91 Å². The van der Waals surface area contributed by atoms with E-state index < -0.39 is 0 Å². The number of rotatable bonds is 2. The van der Waals surface area contributed by atoms with Crippen molar-refractivity contribution in [3.63, 3.8) is 0 Å². The monoisotopic (exact) mass is 349 g/mol. The zero-order chi connectivity index (χ0) is 18.1. The molecule has 134 valence electrons. The lowest BCUT2D eigenvalue weighted by molar-refractivity contribution is -0.123. The molecule has 0 N–H and O–H groups in total. The standard InChI is InChI=1S/C21H23N3O2/c1-15-7-8-16-9-12-24(19(16)13-15)21(26)18-6-2-3-11-23(18)20(25)17-5-4-10-22-14-17/h4-5,7-8,10,13-14,18H,2-3,6,9,11-12H2,1H3/t18-/m1/s1. The van der Waals surface area contributed by atoms with E-state index in [4.69, 9.17) is 0 Å². The Morgan fingerprint density at radius 1 is 1.15 bits per heavy atom. The average molecular weight is 349 g/mol. The molecular formula is C21H23N3O2. The first-order chi connectivity index (χ1) is 12.6. The van der Waals surface area contributed by atoms with Crippen LogP contribution in [0, 0.1) is 6.92 Å². The van der Waals surface area contributed by atoms with Gasteiger partial charge in [0.1, 0.15) is 6.04 Å². The number of likely N-dealkylation sites (tertiary alicyclic amines) is 1. The molecule has 5 nitrogen and oxygen atoms in total. The van der Waals surface area contributed by atoms with Crippen LogP contribution in [0.25, 0.3) is 0 Å². The molecule has 0 unspecified atom stereocenters. The third kappa shape index (κ3) is 2.98. The fourth-order valence-electron chi connectivity index (χ4n) is 3.98. The van der Waals surface area contributed by atoms with Crippen molar-refractivity contribution in [1.29, 1.82) is 0 Å². The number of hydrogen-bond acceptors (Lipinski definition) is 3. The molecule has 0 aliphatic carbocycles. The molecule has 2 aliphatic heterocycles. The third-order valence-corrected chi connectivity index (χ3v) is 5.36. The molecule has 1 atom stereocenters. The number of pyridine rings is 1. The van der Waals surface area contributed by atoms with Crippen molar-refractivity contribution >= 4 is 17.5 Å². The molecule has 1 fully saturated rings. The van der Waals surface area contributed by atoms with Crippen molar-refractivity contribution in [2.45, 2.75) is 38.6 Å². The van der Waals surface area contributed by atoms with Crippen molar-refractivity contribution in [3.8, 4) is 0 Å². The quantitative estimate of drug-likeness (QED) is 0.838. The molecule has 5 heteroatoms. The highest BCUT2D eigenvalue weighted by Crippen LogP contribution is 2.31. The first kappa shape index (κ1) is 16.8. The average Bonchev–Trinajstić information content (AvgIpc) is 3.10. The molecular weight excluding hydrogens is 326 g/mol. The first-order valence-electron chi connectivity index (χ1n) is 9.27. The minimum Gasteiger partial charge on any atom is -0.327 e. The number of piperidine rings is 1. The molecule has 3 heterocycles. The minimum absolute atomic E-state index is 0.0475. The van der Waals surface area contributed by atoms with Gasteiger partial charge in [-0.05, 0) is 61.9 Å². The predicted molar refractivity (Wildman–Crippen MR) is 100 cm³/mol. The smallest absolute Gasteiger partial charge is 0.256 e. The Morgan fingerprint density at radius 2 is 2.04 bits per heavy atom. The van der Waals surface area contributed by atoms with Crippen molar-refractivity contribution in [3.05, 3.63) is 59.4 Å². The van der Waals surface area contributed by atoms with Gasteiger partial charge in [0.05, 0.1) is 5.56 Å². The number of benzene rings is 1. The van der Waals surface area contributed by atoms with Gasteiger partial charge in [0, 0.05) is 31.2 Å². The Hall–Kier alpha value is -2.69. The molecule has 0 radical (unpaired) electrons. The molecule has 0 spiro atoms. The van der Waals surface area contributed by atoms with Gasteiger partial charge in [-0.25, -0.2) is 0 Å². The third-order valence-electron chi connectivity index (χ3n) is 5.36. The fourth-order valence-corrected chi connectivity index (χ4v) is 3.98. The maximum absolute atomic E-state index is 13.3. The van der Waals surface area contributed by atoms with Crippen LogP contribution in [-0.2, 0) is 11.2 Å². The van der Waals surface area contributed by atoms with E-state index in [1.165, 1.54) is 5.56 Å². The Kier molecular flexibility index (Phi) is 4.45.